The van der Waals surface area contributed by atoms with Crippen molar-refractivity contribution in [2.75, 3.05) is 0 Å². The SMILES string of the molecule is CCc1cc(CNCc2cc(C)on2)n(CC)n1. The Hall–Kier alpha value is -1.62. The monoisotopic (exact) mass is 248 g/mol. The van der Waals surface area contributed by atoms with E-state index in [1.54, 1.807) is 0 Å². The molecular weight excluding hydrogens is 228 g/mol. The fourth-order valence-corrected chi connectivity index (χ4v) is 1.92. The van der Waals surface area contributed by atoms with Crippen molar-refractivity contribution in [3.05, 3.63) is 35.0 Å². The molecule has 0 atom stereocenters. The van der Waals surface area contributed by atoms with Crippen LogP contribution in [-0.2, 0) is 26.1 Å². The molecule has 2 aromatic rings. The number of nitrogens with one attached hydrogen (secondary N) is 1. The molecule has 0 unspecified atom stereocenters. The Morgan fingerprint density at radius 3 is 2.67 bits per heavy atom. The van der Waals surface area contributed by atoms with Crippen LogP contribution in [0, 0.1) is 6.92 Å². The van der Waals surface area contributed by atoms with Gasteiger partial charge in [0.25, 0.3) is 0 Å². The molecule has 0 aliphatic heterocycles. The highest BCUT2D eigenvalue weighted by Crippen LogP contribution is 2.06. The van der Waals surface area contributed by atoms with Gasteiger partial charge in [0.1, 0.15) is 5.76 Å². The van der Waals surface area contributed by atoms with Crippen molar-refractivity contribution in [3.63, 3.8) is 0 Å². The second kappa shape index (κ2) is 5.82. The summed E-state index contributed by atoms with van der Waals surface area (Å²) in [6.45, 7) is 8.55. The third-order valence-electron chi connectivity index (χ3n) is 2.86. The molecule has 0 aliphatic rings. The molecule has 0 spiro atoms. The van der Waals surface area contributed by atoms with Crippen molar-refractivity contribution in [3.8, 4) is 0 Å². The molecule has 98 valence electrons. The Kier molecular flexibility index (Phi) is 4.15. The van der Waals surface area contributed by atoms with E-state index in [-0.39, 0.29) is 0 Å². The average molecular weight is 248 g/mol. The van der Waals surface area contributed by atoms with Gasteiger partial charge in [0, 0.05) is 25.7 Å². The topological polar surface area (TPSA) is 55.9 Å². The summed E-state index contributed by atoms with van der Waals surface area (Å²) >= 11 is 0. The molecule has 2 aromatic heterocycles. The highest BCUT2D eigenvalue weighted by Gasteiger charge is 2.06. The van der Waals surface area contributed by atoms with Gasteiger partial charge in [-0.2, -0.15) is 5.10 Å². The van der Waals surface area contributed by atoms with E-state index in [0.29, 0.717) is 6.54 Å². The molecule has 5 nitrogen and oxygen atoms in total. The highest BCUT2D eigenvalue weighted by atomic mass is 16.5. The molecule has 5 heteroatoms. The lowest BCUT2D eigenvalue weighted by Gasteiger charge is -2.04. The molecule has 0 radical (unpaired) electrons. The lowest BCUT2D eigenvalue weighted by Crippen LogP contribution is -2.16. The maximum Gasteiger partial charge on any atom is 0.133 e. The maximum absolute atomic E-state index is 5.03. The molecule has 0 saturated heterocycles. The van der Waals surface area contributed by atoms with Crippen LogP contribution in [0.1, 0.15) is 36.7 Å². The van der Waals surface area contributed by atoms with Gasteiger partial charge in [-0.1, -0.05) is 12.1 Å². The van der Waals surface area contributed by atoms with Crippen molar-refractivity contribution in [1.29, 1.82) is 0 Å². The first-order valence-electron chi connectivity index (χ1n) is 6.41. The minimum atomic E-state index is 0.716. The Balaban J connectivity index is 1.91. The van der Waals surface area contributed by atoms with Crippen LogP contribution in [0.5, 0.6) is 0 Å². The fourth-order valence-electron chi connectivity index (χ4n) is 1.92. The summed E-state index contributed by atoms with van der Waals surface area (Å²) in [4.78, 5) is 0. The van der Waals surface area contributed by atoms with E-state index in [1.807, 2.05) is 17.7 Å². The number of rotatable bonds is 6. The normalized spacial score (nSPS) is 11.1. The largest absolute Gasteiger partial charge is 0.361 e. The number of nitrogens with zero attached hydrogens (tertiary/aromatic N) is 3. The van der Waals surface area contributed by atoms with Gasteiger partial charge in [-0.15, -0.1) is 0 Å². The summed E-state index contributed by atoms with van der Waals surface area (Å²) in [5, 5.41) is 11.8. The van der Waals surface area contributed by atoms with Gasteiger partial charge >= 0.3 is 0 Å². The minimum Gasteiger partial charge on any atom is -0.361 e. The Bertz CT molecular complexity index is 501. The molecule has 2 heterocycles. The molecule has 0 aromatic carbocycles. The van der Waals surface area contributed by atoms with E-state index in [1.165, 1.54) is 5.69 Å². The maximum atomic E-state index is 5.03. The molecule has 2 rings (SSSR count). The van der Waals surface area contributed by atoms with Crippen LogP contribution in [0.4, 0.5) is 0 Å². The van der Waals surface area contributed by atoms with Crippen LogP contribution >= 0.6 is 0 Å². The van der Waals surface area contributed by atoms with Crippen molar-refractivity contribution < 1.29 is 4.52 Å². The smallest absolute Gasteiger partial charge is 0.133 e. The molecule has 0 aliphatic carbocycles. The number of aryl methyl sites for hydroxylation is 3. The predicted octanol–water partition coefficient (Wildman–Crippen LogP) is 2.05. The summed E-state index contributed by atoms with van der Waals surface area (Å²) in [7, 11) is 0. The first kappa shape index (κ1) is 12.8. The lowest BCUT2D eigenvalue weighted by atomic mass is 10.3. The minimum absolute atomic E-state index is 0.716. The van der Waals surface area contributed by atoms with Crippen LogP contribution in [0.3, 0.4) is 0 Å². The van der Waals surface area contributed by atoms with E-state index in [4.69, 9.17) is 4.52 Å². The molecule has 0 saturated carbocycles. The van der Waals surface area contributed by atoms with Crippen LogP contribution in [0.15, 0.2) is 16.7 Å². The summed E-state index contributed by atoms with van der Waals surface area (Å²) in [6.07, 6.45) is 0.975. The van der Waals surface area contributed by atoms with Gasteiger partial charge in [-0.05, 0) is 26.3 Å². The second-order valence-corrected chi connectivity index (χ2v) is 4.33. The summed E-state index contributed by atoms with van der Waals surface area (Å²) < 4.78 is 7.07. The third-order valence-corrected chi connectivity index (χ3v) is 2.86. The van der Waals surface area contributed by atoms with Crippen LogP contribution < -0.4 is 5.32 Å². The lowest BCUT2D eigenvalue weighted by molar-refractivity contribution is 0.388. The molecular formula is C13H20N4O. The third kappa shape index (κ3) is 2.98. The van der Waals surface area contributed by atoms with Crippen molar-refractivity contribution in [1.82, 2.24) is 20.3 Å². The number of aromatic nitrogens is 3. The van der Waals surface area contributed by atoms with E-state index in [9.17, 15) is 0 Å². The zero-order valence-electron chi connectivity index (χ0n) is 11.2. The number of hydrogen-bond acceptors (Lipinski definition) is 4. The van der Waals surface area contributed by atoms with Gasteiger partial charge in [0.2, 0.25) is 0 Å². The fraction of sp³-hybridized carbons (Fsp3) is 0.538. The van der Waals surface area contributed by atoms with E-state index in [0.717, 1.165) is 36.7 Å². The van der Waals surface area contributed by atoms with E-state index < -0.39 is 0 Å². The summed E-state index contributed by atoms with van der Waals surface area (Å²) in [5.74, 6) is 0.846. The molecule has 0 bridgehead atoms. The van der Waals surface area contributed by atoms with Crippen molar-refractivity contribution in [2.45, 2.75) is 46.8 Å². The second-order valence-electron chi connectivity index (χ2n) is 4.33. The number of hydrogen-bond donors (Lipinski definition) is 1. The summed E-state index contributed by atoms with van der Waals surface area (Å²) in [6, 6.07) is 4.10. The summed E-state index contributed by atoms with van der Waals surface area (Å²) in [5.41, 5.74) is 3.30. The molecule has 18 heavy (non-hydrogen) atoms. The van der Waals surface area contributed by atoms with Gasteiger partial charge in [0.15, 0.2) is 0 Å². The standard InChI is InChI=1S/C13H20N4O/c1-4-11-7-13(17(5-2)15-11)9-14-8-12-6-10(3)18-16-12/h6-7,14H,4-5,8-9H2,1-3H3. The quantitative estimate of drug-likeness (QED) is 0.850. The average Bonchev–Trinajstić information content (AvgIpc) is 2.95. The van der Waals surface area contributed by atoms with Crippen LogP contribution in [-0.4, -0.2) is 14.9 Å². The van der Waals surface area contributed by atoms with Crippen molar-refractivity contribution in [2.24, 2.45) is 0 Å². The van der Waals surface area contributed by atoms with Gasteiger partial charge in [-0.3, -0.25) is 4.68 Å². The predicted molar refractivity (Wildman–Crippen MR) is 69.1 cm³/mol. The highest BCUT2D eigenvalue weighted by molar-refractivity contribution is 5.10. The van der Waals surface area contributed by atoms with Gasteiger partial charge in [0.05, 0.1) is 17.1 Å². The van der Waals surface area contributed by atoms with Gasteiger partial charge in [-0.25, -0.2) is 0 Å². The molecule has 1 N–H and O–H groups in total. The first-order valence-corrected chi connectivity index (χ1v) is 6.41. The van der Waals surface area contributed by atoms with E-state index >= 15 is 0 Å². The zero-order chi connectivity index (χ0) is 13.0. The van der Waals surface area contributed by atoms with Gasteiger partial charge < -0.3 is 9.84 Å². The molecule has 0 amide bonds. The Morgan fingerprint density at radius 2 is 2.06 bits per heavy atom. The van der Waals surface area contributed by atoms with E-state index in [2.05, 4.69) is 35.5 Å². The Labute approximate surface area is 107 Å². The molecule has 0 fully saturated rings. The van der Waals surface area contributed by atoms with Crippen LogP contribution in [0.25, 0.3) is 0 Å². The van der Waals surface area contributed by atoms with Crippen LogP contribution in [0.2, 0.25) is 0 Å². The Morgan fingerprint density at radius 1 is 1.22 bits per heavy atom. The zero-order valence-corrected chi connectivity index (χ0v) is 11.2. The first-order chi connectivity index (χ1) is 8.72. The van der Waals surface area contributed by atoms with Crippen molar-refractivity contribution >= 4 is 0 Å².